The lowest BCUT2D eigenvalue weighted by Crippen LogP contribution is -2.10. The third-order valence-corrected chi connectivity index (χ3v) is 2.95. The van der Waals surface area contributed by atoms with Gasteiger partial charge < -0.3 is 9.47 Å². The maximum absolute atomic E-state index is 12.4. The van der Waals surface area contributed by atoms with Crippen LogP contribution in [0.2, 0.25) is 0 Å². The maximum Gasteiger partial charge on any atom is 0.342 e. The molecule has 0 heterocycles. The number of ether oxygens (including phenoxy) is 2. The van der Waals surface area contributed by atoms with Gasteiger partial charge >= 0.3 is 5.97 Å². The highest BCUT2D eigenvalue weighted by Crippen LogP contribution is 2.28. The Morgan fingerprint density at radius 3 is 2.05 bits per heavy atom. The Kier molecular flexibility index (Phi) is 5.33. The number of carbonyl (C=O) groups is 1. The molecule has 0 unspecified atom stereocenters. The molecule has 0 aliphatic heterocycles. The van der Waals surface area contributed by atoms with Crippen molar-refractivity contribution in [3.05, 3.63) is 71.8 Å². The number of carbonyl (C=O) groups excluding carboxylic acids is 1. The second kappa shape index (κ2) is 7.65. The molecule has 0 fully saturated rings. The molecule has 2 aromatic carbocycles. The first kappa shape index (κ1) is 15.3. The zero-order chi connectivity index (χ0) is 15.8. The average Bonchev–Trinajstić information content (AvgIpc) is 2.56. The van der Waals surface area contributed by atoms with E-state index in [1.807, 2.05) is 36.4 Å². The average molecular weight is 293 g/mol. The normalized spacial score (nSPS) is 11.1. The quantitative estimate of drug-likeness (QED) is 0.278. The standard InChI is InChI=1S/C18H15NO3/c1-2-21-18(20)16(14-9-5-3-6-10-14)17(22-13-19)15-11-7-4-8-12-15/h3-12H,2H2,1H3. The van der Waals surface area contributed by atoms with E-state index in [2.05, 4.69) is 0 Å². The molecule has 2 aromatic rings. The first-order valence-corrected chi connectivity index (χ1v) is 6.86. The Morgan fingerprint density at radius 2 is 1.55 bits per heavy atom. The summed E-state index contributed by atoms with van der Waals surface area (Å²) in [6.07, 6.45) is 1.65. The number of esters is 1. The van der Waals surface area contributed by atoms with Crippen LogP contribution in [-0.4, -0.2) is 12.6 Å². The molecule has 0 N–H and O–H groups in total. The van der Waals surface area contributed by atoms with Crippen molar-refractivity contribution in [2.75, 3.05) is 6.61 Å². The van der Waals surface area contributed by atoms with Crippen LogP contribution in [0.4, 0.5) is 0 Å². The molecule has 0 spiro atoms. The number of nitrogens with zero attached hydrogens (tertiary/aromatic N) is 1. The van der Waals surface area contributed by atoms with Gasteiger partial charge in [-0.05, 0) is 12.5 Å². The molecule has 0 aliphatic rings. The minimum atomic E-state index is -0.525. The van der Waals surface area contributed by atoms with Crippen molar-refractivity contribution in [3.63, 3.8) is 0 Å². The summed E-state index contributed by atoms with van der Waals surface area (Å²) in [5.74, 6) is -0.337. The van der Waals surface area contributed by atoms with E-state index in [9.17, 15) is 4.79 Å². The van der Waals surface area contributed by atoms with E-state index in [4.69, 9.17) is 14.7 Å². The number of rotatable bonds is 5. The summed E-state index contributed by atoms with van der Waals surface area (Å²) in [6, 6.07) is 18.0. The Morgan fingerprint density at radius 1 is 1.00 bits per heavy atom. The summed E-state index contributed by atoms with van der Waals surface area (Å²) < 4.78 is 10.2. The van der Waals surface area contributed by atoms with E-state index < -0.39 is 5.97 Å². The molecular formula is C18H15NO3. The molecule has 0 saturated carbocycles. The molecule has 0 saturated heterocycles. The largest absolute Gasteiger partial charge is 0.462 e. The summed E-state index contributed by atoms with van der Waals surface area (Å²) in [7, 11) is 0. The molecule has 110 valence electrons. The highest BCUT2D eigenvalue weighted by molar-refractivity contribution is 6.23. The predicted molar refractivity (Wildman–Crippen MR) is 83.0 cm³/mol. The van der Waals surface area contributed by atoms with Crippen LogP contribution < -0.4 is 0 Å². The molecule has 0 amide bonds. The maximum atomic E-state index is 12.4. The Bertz CT molecular complexity index is 700. The Hall–Kier alpha value is -3.06. The fourth-order valence-electron chi connectivity index (χ4n) is 2.04. The van der Waals surface area contributed by atoms with Crippen molar-refractivity contribution in [1.29, 1.82) is 5.26 Å². The van der Waals surface area contributed by atoms with Crippen molar-refractivity contribution < 1.29 is 14.3 Å². The highest BCUT2D eigenvalue weighted by atomic mass is 16.5. The van der Waals surface area contributed by atoms with E-state index >= 15 is 0 Å². The first-order valence-electron chi connectivity index (χ1n) is 6.86. The lowest BCUT2D eigenvalue weighted by molar-refractivity contribution is -0.136. The summed E-state index contributed by atoms with van der Waals surface area (Å²) in [6.45, 7) is 1.97. The zero-order valence-electron chi connectivity index (χ0n) is 12.2. The molecule has 22 heavy (non-hydrogen) atoms. The molecular weight excluding hydrogens is 278 g/mol. The number of hydrogen-bond acceptors (Lipinski definition) is 4. The van der Waals surface area contributed by atoms with Crippen molar-refractivity contribution in [3.8, 4) is 6.26 Å². The van der Waals surface area contributed by atoms with Gasteiger partial charge in [0.25, 0.3) is 6.26 Å². The van der Waals surface area contributed by atoms with Crippen LogP contribution in [0.5, 0.6) is 0 Å². The van der Waals surface area contributed by atoms with Gasteiger partial charge in [0.05, 0.1) is 6.61 Å². The molecule has 0 bridgehead atoms. The minimum Gasteiger partial charge on any atom is -0.462 e. The molecule has 0 aliphatic carbocycles. The Balaban J connectivity index is 2.66. The summed E-state index contributed by atoms with van der Waals surface area (Å²) in [5, 5.41) is 8.95. The summed E-state index contributed by atoms with van der Waals surface area (Å²) in [4.78, 5) is 12.4. The molecule has 0 atom stereocenters. The molecule has 0 radical (unpaired) electrons. The van der Waals surface area contributed by atoms with Gasteiger partial charge in [-0.2, -0.15) is 0 Å². The van der Waals surface area contributed by atoms with E-state index in [0.717, 1.165) is 0 Å². The van der Waals surface area contributed by atoms with Crippen LogP contribution in [0.15, 0.2) is 60.7 Å². The van der Waals surface area contributed by atoms with Crippen molar-refractivity contribution in [1.82, 2.24) is 0 Å². The van der Waals surface area contributed by atoms with E-state index in [1.165, 1.54) is 0 Å². The van der Waals surface area contributed by atoms with Gasteiger partial charge in [0.15, 0.2) is 5.76 Å². The fourth-order valence-corrected chi connectivity index (χ4v) is 2.04. The molecule has 0 aromatic heterocycles. The van der Waals surface area contributed by atoms with Crippen LogP contribution in [0.3, 0.4) is 0 Å². The van der Waals surface area contributed by atoms with E-state index in [0.29, 0.717) is 11.1 Å². The van der Waals surface area contributed by atoms with Gasteiger partial charge in [-0.3, -0.25) is 0 Å². The van der Waals surface area contributed by atoms with Crippen LogP contribution in [0.1, 0.15) is 18.1 Å². The van der Waals surface area contributed by atoms with Crippen molar-refractivity contribution >= 4 is 17.3 Å². The van der Waals surface area contributed by atoms with Crippen molar-refractivity contribution in [2.45, 2.75) is 6.92 Å². The SMILES string of the molecule is CCOC(=O)C(=C(OC#N)c1ccccc1)c1ccccc1. The van der Waals surface area contributed by atoms with Gasteiger partial charge in [-0.25, -0.2) is 4.79 Å². The minimum absolute atomic E-state index is 0.188. The third kappa shape index (κ3) is 3.53. The highest BCUT2D eigenvalue weighted by Gasteiger charge is 2.22. The lowest BCUT2D eigenvalue weighted by Gasteiger charge is -2.12. The Labute approximate surface area is 129 Å². The van der Waals surface area contributed by atoms with Gasteiger partial charge in [0, 0.05) is 5.56 Å². The zero-order valence-corrected chi connectivity index (χ0v) is 12.2. The van der Waals surface area contributed by atoms with Crippen molar-refractivity contribution in [2.24, 2.45) is 0 Å². The van der Waals surface area contributed by atoms with Crippen LogP contribution in [0, 0.1) is 11.5 Å². The van der Waals surface area contributed by atoms with Gasteiger partial charge in [0.2, 0.25) is 0 Å². The van der Waals surface area contributed by atoms with Gasteiger partial charge in [-0.1, -0.05) is 60.7 Å². The fraction of sp³-hybridized carbons (Fsp3) is 0.111. The topological polar surface area (TPSA) is 59.3 Å². The summed E-state index contributed by atoms with van der Waals surface area (Å²) in [5.41, 5.74) is 1.50. The van der Waals surface area contributed by atoms with Crippen LogP contribution in [0.25, 0.3) is 11.3 Å². The second-order valence-electron chi connectivity index (χ2n) is 4.35. The molecule has 4 nitrogen and oxygen atoms in total. The number of benzene rings is 2. The number of nitriles is 1. The third-order valence-electron chi connectivity index (χ3n) is 2.95. The van der Waals surface area contributed by atoms with E-state index in [1.54, 1.807) is 37.4 Å². The second-order valence-corrected chi connectivity index (χ2v) is 4.35. The smallest absolute Gasteiger partial charge is 0.342 e. The predicted octanol–water partition coefficient (Wildman–Crippen LogP) is 3.62. The first-order chi connectivity index (χ1) is 10.8. The van der Waals surface area contributed by atoms with Crippen LogP contribution in [-0.2, 0) is 14.3 Å². The van der Waals surface area contributed by atoms with Gasteiger partial charge in [0.1, 0.15) is 5.57 Å². The molecule has 2 rings (SSSR count). The molecule has 4 heteroatoms. The number of hydrogen-bond donors (Lipinski definition) is 0. The monoisotopic (exact) mass is 293 g/mol. The van der Waals surface area contributed by atoms with Crippen LogP contribution >= 0.6 is 0 Å². The van der Waals surface area contributed by atoms with Gasteiger partial charge in [-0.15, -0.1) is 5.26 Å². The lowest BCUT2D eigenvalue weighted by atomic mass is 10.0. The van der Waals surface area contributed by atoms with E-state index in [-0.39, 0.29) is 17.9 Å². The summed E-state index contributed by atoms with van der Waals surface area (Å²) >= 11 is 0.